The first-order chi connectivity index (χ1) is 11.5. The summed E-state index contributed by atoms with van der Waals surface area (Å²) in [5.74, 6) is -1.12. The number of carboxylic acids is 1. The predicted octanol–water partition coefficient (Wildman–Crippen LogP) is 1.44. The van der Waals surface area contributed by atoms with Gasteiger partial charge < -0.3 is 14.7 Å². The molecule has 1 aromatic rings. The SMILES string of the molecule is O=C(O)c1cc(S(=O)(=O)NC[C@@H]2CCCO2)ccc1N1CCCC1. The van der Waals surface area contributed by atoms with Gasteiger partial charge in [-0.15, -0.1) is 0 Å². The molecule has 2 fully saturated rings. The second kappa shape index (κ2) is 7.08. The summed E-state index contributed by atoms with van der Waals surface area (Å²) in [6.07, 6.45) is 3.68. The van der Waals surface area contributed by atoms with Crippen molar-refractivity contribution in [3.63, 3.8) is 0 Å². The molecular weight excluding hydrogens is 332 g/mol. The Morgan fingerprint density at radius 1 is 1.29 bits per heavy atom. The summed E-state index contributed by atoms with van der Waals surface area (Å²) < 4.78 is 32.8. The van der Waals surface area contributed by atoms with Gasteiger partial charge in [-0.3, -0.25) is 0 Å². The van der Waals surface area contributed by atoms with E-state index in [9.17, 15) is 18.3 Å². The fraction of sp³-hybridized carbons (Fsp3) is 0.562. The van der Waals surface area contributed by atoms with Crippen LogP contribution in [0.15, 0.2) is 23.1 Å². The van der Waals surface area contributed by atoms with Crippen LogP contribution in [0.1, 0.15) is 36.0 Å². The number of nitrogens with zero attached hydrogens (tertiary/aromatic N) is 1. The number of hydrogen-bond donors (Lipinski definition) is 2. The maximum Gasteiger partial charge on any atom is 0.337 e. The van der Waals surface area contributed by atoms with Crippen LogP contribution >= 0.6 is 0 Å². The van der Waals surface area contributed by atoms with Gasteiger partial charge >= 0.3 is 5.97 Å². The molecule has 1 aromatic carbocycles. The maximum absolute atomic E-state index is 12.4. The number of anilines is 1. The molecule has 2 heterocycles. The van der Waals surface area contributed by atoms with Crippen molar-refractivity contribution in [1.82, 2.24) is 4.72 Å². The van der Waals surface area contributed by atoms with Gasteiger partial charge in [-0.2, -0.15) is 0 Å². The molecule has 24 heavy (non-hydrogen) atoms. The van der Waals surface area contributed by atoms with Crippen LogP contribution in [-0.2, 0) is 14.8 Å². The molecule has 0 spiro atoms. The minimum absolute atomic E-state index is 0.0249. The highest BCUT2D eigenvalue weighted by Gasteiger charge is 2.24. The van der Waals surface area contributed by atoms with Crippen molar-refractivity contribution in [3.05, 3.63) is 23.8 Å². The van der Waals surface area contributed by atoms with Crippen LogP contribution in [0, 0.1) is 0 Å². The molecule has 1 atom stereocenters. The maximum atomic E-state index is 12.4. The largest absolute Gasteiger partial charge is 0.478 e. The molecule has 7 nitrogen and oxygen atoms in total. The van der Waals surface area contributed by atoms with Crippen LogP contribution in [-0.4, -0.2) is 51.8 Å². The highest BCUT2D eigenvalue weighted by atomic mass is 32.2. The van der Waals surface area contributed by atoms with Gasteiger partial charge in [0.05, 0.1) is 22.3 Å². The number of nitrogens with one attached hydrogen (secondary N) is 1. The third kappa shape index (κ3) is 3.71. The quantitative estimate of drug-likeness (QED) is 0.803. The van der Waals surface area contributed by atoms with E-state index in [1.165, 1.54) is 12.1 Å². The number of sulfonamides is 1. The van der Waals surface area contributed by atoms with E-state index in [1.54, 1.807) is 6.07 Å². The van der Waals surface area contributed by atoms with Crippen LogP contribution in [0.4, 0.5) is 5.69 Å². The molecule has 0 radical (unpaired) electrons. The van der Waals surface area contributed by atoms with E-state index in [1.807, 2.05) is 4.90 Å². The normalized spacial score (nSPS) is 21.3. The number of benzene rings is 1. The van der Waals surface area contributed by atoms with Crippen molar-refractivity contribution in [2.45, 2.75) is 36.7 Å². The third-order valence-electron chi connectivity index (χ3n) is 4.48. The monoisotopic (exact) mass is 354 g/mol. The molecule has 2 saturated heterocycles. The fourth-order valence-electron chi connectivity index (χ4n) is 3.18. The van der Waals surface area contributed by atoms with Crippen LogP contribution < -0.4 is 9.62 Å². The highest BCUT2D eigenvalue weighted by Crippen LogP contribution is 2.27. The van der Waals surface area contributed by atoms with Crippen molar-refractivity contribution >= 4 is 21.7 Å². The Hall–Kier alpha value is -1.64. The molecule has 132 valence electrons. The summed E-state index contributed by atoms with van der Waals surface area (Å²) in [4.78, 5) is 13.5. The molecule has 2 aliphatic heterocycles. The van der Waals surface area contributed by atoms with Gasteiger partial charge in [-0.25, -0.2) is 17.9 Å². The first kappa shape index (κ1) is 17.2. The van der Waals surface area contributed by atoms with Crippen molar-refractivity contribution in [3.8, 4) is 0 Å². The Kier molecular flexibility index (Phi) is 5.07. The molecule has 0 bridgehead atoms. The van der Waals surface area contributed by atoms with Crippen molar-refractivity contribution in [1.29, 1.82) is 0 Å². The Labute approximate surface area is 141 Å². The third-order valence-corrected chi connectivity index (χ3v) is 5.90. The lowest BCUT2D eigenvalue weighted by Crippen LogP contribution is -2.32. The van der Waals surface area contributed by atoms with E-state index in [0.29, 0.717) is 12.3 Å². The Morgan fingerprint density at radius 2 is 2.04 bits per heavy atom. The zero-order valence-corrected chi connectivity index (χ0v) is 14.2. The van der Waals surface area contributed by atoms with E-state index in [4.69, 9.17) is 4.74 Å². The molecular formula is C16H22N2O5S. The van der Waals surface area contributed by atoms with Gasteiger partial charge in [0.25, 0.3) is 0 Å². The summed E-state index contributed by atoms with van der Waals surface area (Å²) in [5, 5.41) is 9.46. The number of carbonyl (C=O) groups is 1. The summed E-state index contributed by atoms with van der Waals surface area (Å²) in [7, 11) is -3.76. The number of carboxylic acid groups (broad SMARTS) is 1. The number of ether oxygens (including phenoxy) is 1. The number of hydrogen-bond acceptors (Lipinski definition) is 5. The number of aromatic carboxylic acids is 1. The van der Waals surface area contributed by atoms with Gasteiger partial charge in [0, 0.05) is 26.2 Å². The van der Waals surface area contributed by atoms with Crippen molar-refractivity contribution < 1.29 is 23.1 Å². The summed E-state index contributed by atoms with van der Waals surface area (Å²) in [5.41, 5.74) is 0.606. The molecule has 3 rings (SSSR count). The molecule has 0 aromatic heterocycles. The molecule has 2 aliphatic rings. The zero-order chi connectivity index (χ0) is 17.2. The van der Waals surface area contributed by atoms with E-state index in [2.05, 4.69) is 4.72 Å². The lowest BCUT2D eigenvalue weighted by atomic mass is 10.1. The molecule has 0 saturated carbocycles. The van der Waals surface area contributed by atoms with E-state index >= 15 is 0 Å². The van der Waals surface area contributed by atoms with Crippen molar-refractivity contribution in [2.75, 3.05) is 31.1 Å². The average molecular weight is 354 g/mol. The Morgan fingerprint density at radius 3 is 2.67 bits per heavy atom. The summed E-state index contributed by atoms with van der Waals surface area (Å²) in [6, 6.07) is 4.31. The van der Waals surface area contributed by atoms with Gasteiger partial charge in [-0.05, 0) is 43.9 Å². The van der Waals surface area contributed by atoms with E-state index < -0.39 is 16.0 Å². The van der Waals surface area contributed by atoms with Gasteiger partial charge in [-0.1, -0.05) is 0 Å². The van der Waals surface area contributed by atoms with Crippen LogP contribution in [0.5, 0.6) is 0 Å². The predicted molar refractivity (Wildman–Crippen MR) is 89.0 cm³/mol. The molecule has 0 amide bonds. The Bertz CT molecular complexity index is 707. The smallest absolute Gasteiger partial charge is 0.337 e. The molecule has 0 unspecified atom stereocenters. The molecule has 8 heteroatoms. The molecule has 0 aliphatic carbocycles. The summed E-state index contributed by atoms with van der Waals surface area (Å²) in [6.45, 7) is 2.45. The highest BCUT2D eigenvalue weighted by molar-refractivity contribution is 7.89. The second-order valence-corrected chi connectivity index (χ2v) is 7.93. The van der Waals surface area contributed by atoms with E-state index in [0.717, 1.165) is 38.8 Å². The zero-order valence-electron chi connectivity index (χ0n) is 13.4. The van der Waals surface area contributed by atoms with Crippen LogP contribution in [0.25, 0.3) is 0 Å². The van der Waals surface area contributed by atoms with Crippen molar-refractivity contribution in [2.24, 2.45) is 0 Å². The first-order valence-corrected chi connectivity index (χ1v) is 9.69. The fourth-order valence-corrected chi connectivity index (χ4v) is 4.27. The standard InChI is InChI=1S/C16H22N2O5S/c19-16(20)14-10-13(5-6-15(14)18-7-1-2-8-18)24(21,22)17-11-12-4-3-9-23-12/h5-6,10,12,17H,1-4,7-9,11H2,(H,19,20)/t12-/m0/s1. The van der Waals surface area contributed by atoms with Crippen LogP contribution in [0.3, 0.4) is 0 Å². The van der Waals surface area contributed by atoms with Gasteiger partial charge in [0.15, 0.2) is 0 Å². The lowest BCUT2D eigenvalue weighted by molar-refractivity contribution is 0.0697. The second-order valence-electron chi connectivity index (χ2n) is 6.17. The topological polar surface area (TPSA) is 95.9 Å². The van der Waals surface area contributed by atoms with Gasteiger partial charge in [0.1, 0.15) is 0 Å². The van der Waals surface area contributed by atoms with Gasteiger partial charge in [0.2, 0.25) is 10.0 Å². The minimum atomic E-state index is -3.76. The first-order valence-electron chi connectivity index (χ1n) is 8.21. The van der Waals surface area contributed by atoms with Crippen LogP contribution in [0.2, 0.25) is 0 Å². The lowest BCUT2D eigenvalue weighted by Gasteiger charge is -2.20. The Balaban J connectivity index is 1.81. The number of rotatable bonds is 6. The average Bonchev–Trinajstić information content (AvgIpc) is 3.26. The molecule has 2 N–H and O–H groups in total. The minimum Gasteiger partial charge on any atom is -0.478 e. The van der Waals surface area contributed by atoms with E-state index in [-0.39, 0.29) is 23.1 Å². The summed E-state index contributed by atoms with van der Waals surface area (Å²) >= 11 is 0.